The van der Waals surface area contributed by atoms with Gasteiger partial charge >= 0.3 is 0 Å². The summed E-state index contributed by atoms with van der Waals surface area (Å²) >= 11 is 0. The van der Waals surface area contributed by atoms with E-state index in [1.54, 1.807) is 6.20 Å². The fraction of sp³-hybridized carbons (Fsp3) is 0.312. The monoisotopic (exact) mass is 313 g/mol. The van der Waals surface area contributed by atoms with Crippen molar-refractivity contribution in [2.75, 3.05) is 32.1 Å². The highest BCUT2D eigenvalue weighted by atomic mass is 16.5. The number of ether oxygens (including phenoxy) is 1. The van der Waals surface area contributed by atoms with Crippen molar-refractivity contribution in [1.29, 1.82) is 0 Å². The number of morpholine rings is 1. The Labute approximate surface area is 134 Å². The van der Waals surface area contributed by atoms with Crippen LogP contribution in [-0.4, -0.2) is 47.5 Å². The van der Waals surface area contributed by atoms with Crippen LogP contribution in [0.5, 0.6) is 0 Å². The maximum absolute atomic E-state index is 11.6. The first-order valence-electron chi connectivity index (χ1n) is 7.42. The van der Waals surface area contributed by atoms with Crippen LogP contribution in [0.25, 0.3) is 0 Å². The number of anilines is 2. The summed E-state index contributed by atoms with van der Waals surface area (Å²) in [6.07, 6.45) is 1.39. The van der Waals surface area contributed by atoms with Crippen LogP contribution in [0.2, 0.25) is 0 Å². The number of likely N-dealkylation sites (N-methyl/N-ethyl adjacent to an activating group) is 1. The topological polar surface area (TPSA) is 93.4 Å². The van der Waals surface area contributed by atoms with Crippen molar-refractivity contribution in [2.24, 2.45) is 5.73 Å². The summed E-state index contributed by atoms with van der Waals surface area (Å²) in [5, 5.41) is 3.10. The minimum atomic E-state index is -0.621. The first-order chi connectivity index (χ1) is 11.1. The van der Waals surface area contributed by atoms with Gasteiger partial charge in [-0.05, 0) is 19.2 Å². The Kier molecular flexibility index (Phi) is 4.50. The Morgan fingerprint density at radius 2 is 2.17 bits per heavy atom. The minimum Gasteiger partial charge on any atom is -0.369 e. The van der Waals surface area contributed by atoms with E-state index < -0.39 is 5.91 Å². The molecule has 1 aromatic heterocycles. The van der Waals surface area contributed by atoms with E-state index in [-0.39, 0.29) is 11.8 Å². The number of nitrogens with one attached hydrogen (secondary N) is 1. The molecule has 1 aromatic carbocycles. The summed E-state index contributed by atoms with van der Waals surface area (Å²) in [4.78, 5) is 22.5. The lowest BCUT2D eigenvalue weighted by molar-refractivity contribution is -0.0232. The van der Waals surface area contributed by atoms with E-state index in [0.717, 1.165) is 18.8 Å². The molecule has 1 fully saturated rings. The Morgan fingerprint density at radius 1 is 1.39 bits per heavy atom. The number of nitrogens with zero attached hydrogens (tertiary/aromatic N) is 3. The van der Waals surface area contributed by atoms with Gasteiger partial charge in [0.1, 0.15) is 6.10 Å². The molecular weight excluding hydrogens is 294 g/mol. The van der Waals surface area contributed by atoms with E-state index in [4.69, 9.17) is 10.5 Å². The van der Waals surface area contributed by atoms with Gasteiger partial charge in [-0.1, -0.05) is 18.2 Å². The van der Waals surface area contributed by atoms with Crippen LogP contribution in [0.1, 0.15) is 22.3 Å². The summed E-state index contributed by atoms with van der Waals surface area (Å²) in [5.41, 5.74) is 7.00. The summed E-state index contributed by atoms with van der Waals surface area (Å²) in [7, 11) is 2.03. The smallest absolute Gasteiger partial charge is 0.271 e. The highest BCUT2D eigenvalue weighted by Gasteiger charge is 2.23. The van der Waals surface area contributed by atoms with Gasteiger partial charge in [-0.15, -0.1) is 0 Å². The second kappa shape index (κ2) is 6.72. The number of primary amides is 1. The molecule has 23 heavy (non-hydrogen) atoms. The number of amides is 1. The van der Waals surface area contributed by atoms with Crippen LogP contribution >= 0.6 is 0 Å². The van der Waals surface area contributed by atoms with E-state index in [2.05, 4.69) is 20.2 Å². The molecule has 0 radical (unpaired) electrons. The van der Waals surface area contributed by atoms with Crippen molar-refractivity contribution >= 4 is 17.4 Å². The average molecular weight is 313 g/mol. The Bertz CT molecular complexity index is 692. The van der Waals surface area contributed by atoms with Crippen LogP contribution in [0.4, 0.5) is 11.5 Å². The molecule has 2 heterocycles. The Hall–Kier alpha value is -2.51. The van der Waals surface area contributed by atoms with E-state index in [9.17, 15) is 4.79 Å². The van der Waals surface area contributed by atoms with Gasteiger partial charge in [-0.3, -0.25) is 4.79 Å². The molecule has 7 nitrogen and oxygen atoms in total. The quantitative estimate of drug-likeness (QED) is 0.884. The fourth-order valence-corrected chi connectivity index (χ4v) is 2.44. The highest BCUT2D eigenvalue weighted by molar-refractivity contribution is 5.96. The van der Waals surface area contributed by atoms with Gasteiger partial charge in [0.15, 0.2) is 11.5 Å². The van der Waals surface area contributed by atoms with Crippen molar-refractivity contribution < 1.29 is 9.53 Å². The maximum Gasteiger partial charge on any atom is 0.271 e. The van der Waals surface area contributed by atoms with Crippen molar-refractivity contribution in [3.63, 3.8) is 0 Å². The zero-order chi connectivity index (χ0) is 16.2. The first-order valence-corrected chi connectivity index (χ1v) is 7.42. The zero-order valence-electron chi connectivity index (χ0n) is 12.9. The molecule has 0 unspecified atom stereocenters. The zero-order valence-corrected chi connectivity index (χ0v) is 12.9. The summed E-state index contributed by atoms with van der Waals surface area (Å²) in [6, 6.07) is 9.45. The molecule has 0 saturated carbocycles. The standard InChI is InChI=1S/C16H19N5O2/c1-21-7-8-23-13(10-21)12-9-18-14(15(17)22)16(20-12)19-11-5-3-2-4-6-11/h2-6,9,13H,7-8,10H2,1H3,(H2,17,22)(H,19,20)/t13-/m0/s1. The van der Waals surface area contributed by atoms with Crippen LogP contribution in [0.15, 0.2) is 36.5 Å². The maximum atomic E-state index is 11.6. The third kappa shape index (κ3) is 3.64. The molecule has 0 bridgehead atoms. The fourth-order valence-electron chi connectivity index (χ4n) is 2.44. The van der Waals surface area contributed by atoms with Crippen LogP contribution in [0.3, 0.4) is 0 Å². The second-order valence-corrected chi connectivity index (χ2v) is 5.47. The number of benzene rings is 1. The number of hydrogen-bond donors (Lipinski definition) is 2. The van der Waals surface area contributed by atoms with Crippen LogP contribution in [-0.2, 0) is 4.74 Å². The number of aromatic nitrogens is 2. The van der Waals surface area contributed by atoms with E-state index >= 15 is 0 Å². The molecule has 3 N–H and O–H groups in total. The van der Waals surface area contributed by atoms with E-state index in [1.807, 2.05) is 37.4 Å². The molecule has 7 heteroatoms. The van der Waals surface area contributed by atoms with Gasteiger partial charge in [-0.25, -0.2) is 9.97 Å². The highest BCUT2D eigenvalue weighted by Crippen LogP contribution is 2.23. The number of nitrogens with two attached hydrogens (primary N) is 1. The SMILES string of the molecule is CN1CCO[C@H](c2cnc(C(N)=O)c(Nc3ccccc3)n2)C1. The van der Waals surface area contributed by atoms with Gasteiger partial charge in [0.2, 0.25) is 0 Å². The molecule has 3 rings (SSSR count). The first kappa shape index (κ1) is 15.4. The minimum absolute atomic E-state index is 0.113. The molecule has 1 amide bonds. The molecule has 0 aliphatic carbocycles. The van der Waals surface area contributed by atoms with Crippen molar-refractivity contribution in [1.82, 2.24) is 14.9 Å². The largest absolute Gasteiger partial charge is 0.369 e. The lowest BCUT2D eigenvalue weighted by Crippen LogP contribution is -2.35. The number of carbonyl (C=O) groups excluding carboxylic acids is 1. The number of hydrogen-bond acceptors (Lipinski definition) is 6. The van der Waals surface area contributed by atoms with Crippen molar-refractivity contribution in [2.45, 2.75) is 6.10 Å². The van der Waals surface area contributed by atoms with Crippen LogP contribution < -0.4 is 11.1 Å². The molecule has 1 aliphatic heterocycles. The number of rotatable bonds is 4. The molecular formula is C16H19N5O2. The van der Waals surface area contributed by atoms with E-state index in [0.29, 0.717) is 18.1 Å². The third-order valence-corrected chi connectivity index (χ3v) is 3.66. The summed E-state index contributed by atoms with van der Waals surface area (Å²) in [5.74, 6) is -0.276. The molecule has 120 valence electrons. The molecule has 1 aliphatic rings. The lowest BCUT2D eigenvalue weighted by atomic mass is 10.2. The second-order valence-electron chi connectivity index (χ2n) is 5.47. The van der Waals surface area contributed by atoms with Gasteiger partial charge in [0.25, 0.3) is 5.91 Å². The normalized spacial score (nSPS) is 18.6. The third-order valence-electron chi connectivity index (χ3n) is 3.66. The van der Waals surface area contributed by atoms with Gasteiger partial charge in [-0.2, -0.15) is 0 Å². The molecule has 0 spiro atoms. The predicted molar refractivity (Wildman–Crippen MR) is 86.5 cm³/mol. The van der Waals surface area contributed by atoms with Crippen molar-refractivity contribution in [3.05, 3.63) is 47.9 Å². The predicted octanol–water partition coefficient (Wildman–Crippen LogP) is 1.32. The van der Waals surface area contributed by atoms with Gasteiger partial charge in [0, 0.05) is 18.8 Å². The van der Waals surface area contributed by atoms with E-state index in [1.165, 1.54) is 0 Å². The summed E-state index contributed by atoms with van der Waals surface area (Å²) < 4.78 is 5.75. The Balaban J connectivity index is 1.91. The summed E-state index contributed by atoms with van der Waals surface area (Å²) in [6.45, 7) is 2.26. The molecule has 1 atom stereocenters. The molecule has 1 saturated heterocycles. The van der Waals surface area contributed by atoms with Gasteiger partial charge in [0.05, 0.1) is 18.5 Å². The van der Waals surface area contributed by atoms with Crippen molar-refractivity contribution in [3.8, 4) is 0 Å². The average Bonchev–Trinajstić information content (AvgIpc) is 2.55. The lowest BCUT2D eigenvalue weighted by Gasteiger charge is -2.29. The number of para-hydroxylation sites is 1. The Morgan fingerprint density at radius 3 is 2.87 bits per heavy atom. The molecule has 2 aromatic rings. The van der Waals surface area contributed by atoms with Crippen LogP contribution in [0, 0.1) is 0 Å². The number of carbonyl (C=O) groups is 1. The van der Waals surface area contributed by atoms with Gasteiger partial charge < -0.3 is 20.7 Å².